The molecule has 23 heavy (non-hydrogen) atoms. The molecule has 0 bridgehead atoms. The van der Waals surface area contributed by atoms with Crippen LogP contribution in [0.5, 0.6) is 0 Å². The number of furan rings is 1. The maximum Gasteiger partial charge on any atom is 0.223 e. The monoisotopic (exact) mass is 319 g/mol. The van der Waals surface area contributed by atoms with Crippen molar-refractivity contribution in [3.8, 4) is 0 Å². The van der Waals surface area contributed by atoms with Crippen molar-refractivity contribution >= 4 is 5.91 Å². The number of carbonyl (C=O) groups excluding carboxylic acids is 1. The maximum absolute atomic E-state index is 12.5. The number of rotatable bonds is 5. The predicted octanol–water partition coefficient (Wildman–Crippen LogP) is 2.23. The fraction of sp³-hybridized carbons (Fsp3) is 0.722. The van der Waals surface area contributed by atoms with Crippen molar-refractivity contribution in [3.63, 3.8) is 0 Å². The van der Waals surface area contributed by atoms with Crippen molar-refractivity contribution in [1.82, 2.24) is 15.5 Å². The molecule has 128 valence electrons. The fourth-order valence-electron chi connectivity index (χ4n) is 3.81. The number of amides is 1. The Bertz CT molecular complexity index is 522. The van der Waals surface area contributed by atoms with Crippen LogP contribution in [0.15, 0.2) is 16.5 Å². The van der Waals surface area contributed by atoms with Crippen LogP contribution in [0.1, 0.15) is 50.2 Å². The second-order valence-corrected chi connectivity index (χ2v) is 7.03. The van der Waals surface area contributed by atoms with Crippen LogP contribution in [-0.2, 0) is 4.79 Å². The largest absolute Gasteiger partial charge is 0.465 e. The van der Waals surface area contributed by atoms with Crippen molar-refractivity contribution in [2.75, 3.05) is 26.2 Å². The van der Waals surface area contributed by atoms with E-state index in [1.807, 2.05) is 13.0 Å². The van der Waals surface area contributed by atoms with Gasteiger partial charge in [0.1, 0.15) is 11.5 Å². The summed E-state index contributed by atoms with van der Waals surface area (Å²) >= 11 is 0. The van der Waals surface area contributed by atoms with Crippen LogP contribution in [-0.4, -0.2) is 43.0 Å². The summed E-state index contributed by atoms with van der Waals surface area (Å²) in [6.45, 7) is 7.88. The molecule has 0 spiro atoms. The highest BCUT2D eigenvalue weighted by molar-refractivity contribution is 5.78. The van der Waals surface area contributed by atoms with E-state index in [9.17, 15) is 4.79 Å². The zero-order valence-corrected chi connectivity index (χ0v) is 14.3. The Balaban J connectivity index is 1.60. The molecule has 3 heterocycles. The smallest absolute Gasteiger partial charge is 0.223 e. The Morgan fingerprint density at radius 1 is 1.43 bits per heavy atom. The molecule has 1 aromatic heterocycles. The summed E-state index contributed by atoms with van der Waals surface area (Å²) in [4.78, 5) is 14.9. The molecule has 2 aliphatic heterocycles. The van der Waals surface area contributed by atoms with Gasteiger partial charge in [-0.15, -0.1) is 0 Å². The number of carbonyl (C=O) groups is 1. The van der Waals surface area contributed by atoms with Crippen LogP contribution in [0.4, 0.5) is 0 Å². The minimum Gasteiger partial charge on any atom is -0.465 e. The summed E-state index contributed by atoms with van der Waals surface area (Å²) in [5.74, 6) is 2.25. The summed E-state index contributed by atoms with van der Waals surface area (Å²) in [6.07, 6.45) is 4.33. The Hall–Kier alpha value is -1.33. The standard InChI is InChI=1S/C18H29N3O2/c1-13-11-15(7-8-19-13)18(22)20-12-16(21-9-3-4-10-21)17-6-5-14(2)23-17/h5-6,13,15-16,19H,3-4,7-12H2,1-2H3,(H,20,22)/t13-,15-,16?/m0/s1. The third-order valence-electron chi connectivity index (χ3n) is 5.14. The molecular weight excluding hydrogens is 290 g/mol. The van der Waals surface area contributed by atoms with Crippen molar-refractivity contribution in [2.45, 2.75) is 51.6 Å². The number of likely N-dealkylation sites (tertiary alicyclic amines) is 1. The highest BCUT2D eigenvalue weighted by Crippen LogP contribution is 2.26. The van der Waals surface area contributed by atoms with Gasteiger partial charge in [0, 0.05) is 18.5 Å². The van der Waals surface area contributed by atoms with Crippen LogP contribution in [0, 0.1) is 12.8 Å². The van der Waals surface area contributed by atoms with E-state index in [0.29, 0.717) is 12.6 Å². The molecule has 0 aliphatic carbocycles. The second-order valence-electron chi connectivity index (χ2n) is 7.03. The molecule has 1 aromatic rings. The topological polar surface area (TPSA) is 57.5 Å². The first-order valence-corrected chi connectivity index (χ1v) is 8.95. The number of nitrogens with zero attached hydrogens (tertiary/aromatic N) is 1. The van der Waals surface area contributed by atoms with Crippen LogP contribution >= 0.6 is 0 Å². The number of hydrogen-bond donors (Lipinski definition) is 2. The van der Waals surface area contributed by atoms with Crippen LogP contribution in [0.25, 0.3) is 0 Å². The summed E-state index contributed by atoms with van der Waals surface area (Å²) in [5.41, 5.74) is 0. The van der Waals surface area contributed by atoms with Gasteiger partial charge in [-0.1, -0.05) is 0 Å². The number of hydrogen-bond acceptors (Lipinski definition) is 4. The number of piperidine rings is 1. The zero-order chi connectivity index (χ0) is 16.2. The first-order valence-electron chi connectivity index (χ1n) is 8.95. The van der Waals surface area contributed by atoms with Gasteiger partial charge in [0.05, 0.1) is 6.04 Å². The number of nitrogens with one attached hydrogen (secondary N) is 2. The minimum absolute atomic E-state index is 0.142. The molecule has 2 aliphatic rings. The lowest BCUT2D eigenvalue weighted by molar-refractivity contribution is -0.126. The van der Waals surface area contributed by atoms with Gasteiger partial charge in [-0.25, -0.2) is 0 Å². The molecule has 0 radical (unpaired) electrons. The first-order chi connectivity index (χ1) is 11.1. The maximum atomic E-state index is 12.5. The van der Waals surface area contributed by atoms with E-state index in [-0.39, 0.29) is 17.9 Å². The molecular formula is C18H29N3O2. The lowest BCUT2D eigenvalue weighted by Gasteiger charge is -2.29. The highest BCUT2D eigenvalue weighted by Gasteiger charge is 2.29. The molecule has 5 nitrogen and oxygen atoms in total. The Morgan fingerprint density at radius 3 is 2.87 bits per heavy atom. The van der Waals surface area contributed by atoms with E-state index >= 15 is 0 Å². The van der Waals surface area contributed by atoms with Crippen LogP contribution < -0.4 is 10.6 Å². The predicted molar refractivity (Wildman–Crippen MR) is 90.2 cm³/mol. The molecule has 2 fully saturated rings. The van der Waals surface area contributed by atoms with Crippen molar-refractivity contribution < 1.29 is 9.21 Å². The molecule has 1 amide bonds. The third kappa shape index (κ3) is 4.15. The lowest BCUT2D eigenvalue weighted by atomic mass is 9.92. The summed E-state index contributed by atoms with van der Waals surface area (Å²) in [7, 11) is 0. The normalized spacial score (nSPS) is 27.0. The summed E-state index contributed by atoms with van der Waals surface area (Å²) in [6, 6.07) is 4.65. The van der Waals surface area contributed by atoms with Crippen molar-refractivity contribution in [3.05, 3.63) is 23.7 Å². The fourth-order valence-corrected chi connectivity index (χ4v) is 3.81. The van der Waals surface area contributed by atoms with E-state index in [1.165, 1.54) is 12.8 Å². The van der Waals surface area contributed by atoms with E-state index in [4.69, 9.17) is 4.42 Å². The van der Waals surface area contributed by atoms with Crippen molar-refractivity contribution in [1.29, 1.82) is 0 Å². The van der Waals surface area contributed by atoms with Gasteiger partial charge >= 0.3 is 0 Å². The van der Waals surface area contributed by atoms with Gasteiger partial charge in [-0.3, -0.25) is 9.69 Å². The molecule has 0 saturated carbocycles. The molecule has 5 heteroatoms. The summed E-state index contributed by atoms with van der Waals surface area (Å²) in [5, 5.41) is 6.59. The Kier molecular flexibility index (Phi) is 5.38. The van der Waals surface area contributed by atoms with E-state index in [1.54, 1.807) is 0 Å². The molecule has 3 atom stereocenters. The Labute approximate surface area is 138 Å². The molecule has 0 aromatic carbocycles. The van der Waals surface area contributed by atoms with Crippen LogP contribution in [0.3, 0.4) is 0 Å². The van der Waals surface area contributed by atoms with Gasteiger partial charge in [-0.05, 0) is 71.3 Å². The molecule has 2 saturated heterocycles. The highest BCUT2D eigenvalue weighted by atomic mass is 16.3. The molecule has 1 unspecified atom stereocenters. The van der Waals surface area contributed by atoms with Crippen LogP contribution in [0.2, 0.25) is 0 Å². The van der Waals surface area contributed by atoms with E-state index < -0.39 is 0 Å². The van der Waals surface area contributed by atoms with E-state index in [2.05, 4.69) is 28.5 Å². The van der Waals surface area contributed by atoms with E-state index in [0.717, 1.165) is 44.0 Å². The zero-order valence-electron chi connectivity index (χ0n) is 14.3. The third-order valence-corrected chi connectivity index (χ3v) is 5.14. The lowest BCUT2D eigenvalue weighted by Crippen LogP contribution is -2.44. The Morgan fingerprint density at radius 2 is 2.22 bits per heavy atom. The minimum atomic E-state index is 0.142. The average Bonchev–Trinajstić information content (AvgIpc) is 3.20. The first kappa shape index (κ1) is 16.5. The van der Waals surface area contributed by atoms with Gasteiger partial charge in [0.25, 0.3) is 0 Å². The summed E-state index contributed by atoms with van der Waals surface area (Å²) < 4.78 is 5.85. The molecule has 3 rings (SSSR count). The molecule has 2 N–H and O–H groups in total. The van der Waals surface area contributed by atoms with Gasteiger partial charge < -0.3 is 15.1 Å². The van der Waals surface area contributed by atoms with Gasteiger partial charge in [0.2, 0.25) is 5.91 Å². The van der Waals surface area contributed by atoms with Gasteiger partial charge in [0.15, 0.2) is 0 Å². The SMILES string of the molecule is Cc1ccc(C(CNC(=O)[C@H]2CCN[C@@H](C)C2)N2CCCC2)o1. The quantitative estimate of drug-likeness (QED) is 0.874. The van der Waals surface area contributed by atoms with Gasteiger partial charge in [-0.2, -0.15) is 0 Å². The average molecular weight is 319 g/mol. The second kappa shape index (κ2) is 7.49. The number of aryl methyl sites for hydroxylation is 1. The van der Waals surface area contributed by atoms with Crippen molar-refractivity contribution in [2.24, 2.45) is 5.92 Å².